The van der Waals surface area contributed by atoms with Gasteiger partial charge in [-0.3, -0.25) is 9.79 Å². The third-order valence-corrected chi connectivity index (χ3v) is 4.22. The van der Waals surface area contributed by atoms with Crippen molar-refractivity contribution in [1.82, 2.24) is 4.90 Å². The smallest absolute Gasteiger partial charge is 0.223 e. The van der Waals surface area contributed by atoms with Crippen LogP contribution in [0, 0.1) is 17.6 Å². The number of amides is 1. The van der Waals surface area contributed by atoms with E-state index in [2.05, 4.69) is 10.3 Å². The highest BCUT2D eigenvalue weighted by atomic mass is 19.1. The number of benzene rings is 2. The van der Waals surface area contributed by atoms with Gasteiger partial charge in [-0.05, 0) is 17.7 Å². The maximum atomic E-state index is 13.6. The van der Waals surface area contributed by atoms with Crippen molar-refractivity contribution in [2.24, 2.45) is 16.6 Å². The lowest BCUT2D eigenvalue weighted by Gasteiger charge is -2.16. The monoisotopic (exact) mass is 358 g/mol. The Hall–Kier alpha value is -2.96. The second-order valence-corrected chi connectivity index (χ2v) is 6.31. The van der Waals surface area contributed by atoms with Gasteiger partial charge in [-0.1, -0.05) is 30.3 Å². The molecule has 2 aromatic carbocycles. The average molecular weight is 358 g/mol. The molecule has 0 radical (unpaired) electrons. The zero-order valence-electron chi connectivity index (χ0n) is 14.2. The number of hydrogen-bond acceptors (Lipinski definition) is 2. The van der Waals surface area contributed by atoms with E-state index >= 15 is 0 Å². The van der Waals surface area contributed by atoms with Crippen LogP contribution < -0.4 is 11.1 Å². The largest absolute Gasteiger partial charge is 0.370 e. The molecular formula is C19H20F2N4O. The summed E-state index contributed by atoms with van der Waals surface area (Å²) in [6, 6.07) is 12.8. The minimum Gasteiger partial charge on any atom is -0.370 e. The lowest BCUT2D eigenvalue weighted by atomic mass is 10.1. The van der Waals surface area contributed by atoms with Crippen molar-refractivity contribution in [1.29, 1.82) is 0 Å². The molecule has 0 spiro atoms. The molecule has 5 nitrogen and oxygen atoms in total. The van der Waals surface area contributed by atoms with Crippen LogP contribution in [0.2, 0.25) is 0 Å². The molecule has 0 bridgehead atoms. The predicted octanol–water partition coefficient (Wildman–Crippen LogP) is 2.74. The first-order valence-corrected chi connectivity index (χ1v) is 8.35. The summed E-state index contributed by atoms with van der Waals surface area (Å²) in [5.74, 6) is -1.07. The molecule has 1 fully saturated rings. The van der Waals surface area contributed by atoms with Crippen molar-refractivity contribution in [3.8, 4) is 0 Å². The fourth-order valence-corrected chi connectivity index (χ4v) is 2.93. The normalized spacial score (nSPS) is 17.6. The van der Waals surface area contributed by atoms with Crippen LogP contribution in [-0.2, 0) is 11.3 Å². The van der Waals surface area contributed by atoms with Crippen molar-refractivity contribution in [3.63, 3.8) is 0 Å². The number of nitrogens with one attached hydrogen (secondary N) is 1. The maximum Gasteiger partial charge on any atom is 0.223 e. The highest BCUT2D eigenvalue weighted by Gasteiger charge is 2.29. The Bertz CT molecular complexity index is 810. The van der Waals surface area contributed by atoms with Crippen LogP contribution in [0.3, 0.4) is 0 Å². The molecule has 26 heavy (non-hydrogen) atoms. The molecule has 0 aliphatic carbocycles. The molecule has 1 aliphatic heterocycles. The Morgan fingerprint density at radius 3 is 2.77 bits per heavy atom. The van der Waals surface area contributed by atoms with E-state index in [0.717, 1.165) is 23.8 Å². The average Bonchev–Trinajstić information content (AvgIpc) is 2.97. The summed E-state index contributed by atoms with van der Waals surface area (Å²) in [5, 5.41) is 2.55. The molecule has 3 N–H and O–H groups in total. The van der Waals surface area contributed by atoms with Crippen LogP contribution in [0.25, 0.3) is 0 Å². The third-order valence-electron chi connectivity index (χ3n) is 4.22. The summed E-state index contributed by atoms with van der Waals surface area (Å²) in [5.41, 5.74) is 6.75. The number of guanidine groups is 1. The van der Waals surface area contributed by atoms with Crippen LogP contribution >= 0.6 is 0 Å². The standard InChI is InChI=1S/C19H20F2N4O/c20-15-6-7-16(21)17(9-15)24-19(22)23-10-14-8-18(26)25(12-14)11-13-4-2-1-3-5-13/h1-7,9,14H,8,10-12H2,(H3,22,23,24). The van der Waals surface area contributed by atoms with Crippen molar-refractivity contribution in [2.75, 3.05) is 18.4 Å². The van der Waals surface area contributed by atoms with Gasteiger partial charge in [0.05, 0.1) is 5.69 Å². The van der Waals surface area contributed by atoms with Gasteiger partial charge in [0.2, 0.25) is 5.91 Å². The van der Waals surface area contributed by atoms with Gasteiger partial charge in [-0.25, -0.2) is 8.78 Å². The lowest BCUT2D eigenvalue weighted by molar-refractivity contribution is -0.128. The summed E-state index contributed by atoms with van der Waals surface area (Å²) in [7, 11) is 0. The van der Waals surface area contributed by atoms with Crippen LogP contribution in [-0.4, -0.2) is 29.9 Å². The van der Waals surface area contributed by atoms with E-state index < -0.39 is 11.6 Å². The van der Waals surface area contributed by atoms with Gasteiger partial charge in [-0.15, -0.1) is 0 Å². The fraction of sp³-hybridized carbons (Fsp3) is 0.263. The Kier molecular flexibility index (Phi) is 5.46. The second kappa shape index (κ2) is 7.95. The maximum absolute atomic E-state index is 13.6. The molecule has 1 saturated heterocycles. The Balaban J connectivity index is 1.55. The van der Waals surface area contributed by atoms with Gasteiger partial charge in [-0.2, -0.15) is 0 Å². The summed E-state index contributed by atoms with van der Waals surface area (Å²) < 4.78 is 26.8. The third kappa shape index (κ3) is 4.56. The molecule has 1 aliphatic rings. The number of nitrogens with two attached hydrogens (primary N) is 1. The number of halogens is 2. The Labute approximate surface area is 150 Å². The number of hydrogen-bond donors (Lipinski definition) is 2. The van der Waals surface area contributed by atoms with E-state index in [4.69, 9.17) is 5.73 Å². The molecule has 7 heteroatoms. The minimum atomic E-state index is -0.616. The molecule has 136 valence electrons. The molecule has 1 unspecified atom stereocenters. The van der Waals surface area contributed by atoms with Crippen molar-refractivity contribution in [3.05, 3.63) is 65.7 Å². The van der Waals surface area contributed by atoms with Crippen molar-refractivity contribution in [2.45, 2.75) is 13.0 Å². The molecule has 0 aromatic heterocycles. The van der Waals surface area contributed by atoms with Crippen LogP contribution in [0.4, 0.5) is 14.5 Å². The predicted molar refractivity (Wildman–Crippen MR) is 96.4 cm³/mol. The van der Waals surface area contributed by atoms with E-state index in [1.165, 1.54) is 0 Å². The number of anilines is 1. The van der Waals surface area contributed by atoms with E-state index in [9.17, 15) is 13.6 Å². The first kappa shape index (κ1) is 17.8. The zero-order valence-corrected chi connectivity index (χ0v) is 14.2. The Morgan fingerprint density at radius 1 is 1.23 bits per heavy atom. The molecule has 1 heterocycles. The van der Waals surface area contributed by atoms with Crippen molar-refractivity contribution >= 4 is 17.6 Å². The van der Waals surface area contributed by atoms with Gasteiger partial charge in [0.25, 0.3) is 0 Å². The molecule has 3 rings (SSSR count). The SMILES string of the molecule is NC(=NCC1CC(=O)N(Cc2ccccc2)C1)Nc1cc(F)ccc1F. The summed E-state index contributed by atoms with van der Waals surface area (Å²) in [4.78, 5) is 18.1. The number of aliphatic imine (C=N–C) groups is 1. The summed E-state index contributed by atoms with van der Waals surface area (Å²) in [6.45, 7) is 1.51. The van der Waals surface area contributed by atoms with Crippen LogP contribution in [0.5, 0.6) is 0 Å². The molecule has 1 amide bonds. The van der Waals surface area contributed by atoms with Crippen molar-refractivity contribution < 1.29 is 13.6 Å². The second-order valence-electron chi connectivity index (χ2n) is 6.31. The van der Waals surface area contributed by atoms with E-state index in [0.29, 0.717) is 26.1 Å². The zero-order chi connectivity index (χ0) is 18.5. The highest BCUT2D eigenvalue weighted by molar-refractivity contribution is 5.92. The van der Waals surface area contributed by atoms with Gasteiger partial charge in [0.15, 0.2) is 5.96 Å². The number of carbonyl (C=O) groups is 1. The fourth-order valence-electron chi connectivity index (χ4n) is 2.93. The van der Waals surface area contributed by atoms with Crippen LogP contribution in [0.1, 0.15) is 12.0 Å². The quantitative estimate of drug-likeness (QED) is 0.638. The number of rotatable bonds is 5. The van der Waals surface area contributed by atoms with Crippen LogP contribution in [0.15, 0.2) is 53.5 Å². The highest BCUT2D eigenvalue weighted by Crippen LogP contribution is 2.20. The topological polar surface area (TPSA) is 70.7 Å². The molecular weight excluding hydrogens is 338 g/mol. The first-order chi connectivity index (χ1) is 12.5. The summed E-state index contributed by atoms with van der Waals surface area (Å²) in [6.07, 6.45) is 0.401. The number of nitrogens with zero attached hydrogens (tertiary/aromatic N) is 2. The summed E-state index contributed by atoms with van der Waals surface area (Å²) >= 11 is 0. The number of carbonyl (C=O) groups excluding carboxylic acids is 1. The number of likely N-dealkylation sites (tertiary alicyclic amines) is 1. The van der Waals surface area contributed by atoms with E-state index in [1.54, 1.807) is 4.90 Å². The van der Waals surface area contributed by atoms with E-state index in [-0.39, 0.29) is 23.5 Å². The van der Waals surface area contributed by atoms with Gasteiger partial charge in [0, 0.05) is 38.0 Å². The molecule has 1 atom stereocenters. The first-order valence-electron chi connectivity index (χ1n) is 8.35. The van der Waals surface area contributed by atoms with Gasteiger partial charge >= 0.3 is 0 Å². The van der Waals surface area contributed by atoms with Gasteiger partial charge in [0.1, 0.15) is 11.6 Å². The lowest BCUT2D eigenvalue weighted by Crippen LogP contribution is -2.26. The molecule has 2 aromatic rings. The Morgan fingerprint density at radius 2 is 2.00 bits per heavy atom. The van der Waals surface area contributed by atoms with Gasteiger partial charge < -0.3 is 16.0 Å². The van der Waals surface area contributed by atoms with E-state index in [1.807, 2.05) is 30.3 Å². The molecule has 0 saturated carbocycles. The minimum absolute atomic E-state index is 0.0107.